The van der Waals surface area contributed by atoms with Crippen LogP contribution in [0.15, 0.2) is 35.5 Å². The van der Waals surface area contributed by atoms with Crippen LogP contribution >= 0.6 is 11.3 Å². The normalized spacial score (nSPS) is 12.5. The zero-order valence-corrected chi connectivity index (χ0v) is 8.40. The minimum atomic E-state index is -1.29. The Labute approximate surface area is 89.1 Å². The lowest BCUT2D eigenvalue weighted by molar-refractivity contribution is -0.138. The molecule has 1 N–H and O–H groups in total. The number of thiophene rings is 1. The molecule has 0 saturated heterocycles. The molecule has 0 saturated carbocycles. The number of aliphatic carboxylic acids is 1. The molecule has 4 nitrogen and oxygen atoms in total. The zero-order chi connectivity index (χ0) is 10.8. The fourth-order valence-corrected chi connectivity index (χ4v) is 2.44. The predicted molar refractivity (Wildman–Crippen MR) is 58.0 cm³/mol. The van der Waals surface area contributed by atoms with Gasteiger partial charge in [-0.15, -0.1) is 16.2 Å². The second-order valence-corrected chi connectivity index (χ2v) is 4.15. The summed E-state index contributed by atoms with van der Waals surface area (Å²) in [4.78, 5) is 21.6. The van der Waals surface area contributed by atoms with Crippen LogP contribution in [-0.4, -0.2) is 11.1 Å². The van der Waals surface area contributed by atoms with Gasteiger partial charge in [0.2, 0.25) is 6.04 Å². The van der Waals surface area contributed by atoms with Gasteiger partial charge in [0.25, 0.3) is 0 Å². The fourth-order valence-electron chi connectivity index (χ4n) is 1.36. The monoisotopic (exact) mass is 221 g/mol. The minimum Gasteiger partial charge on any atom is -0.479 e. The van der Waals surface area contributed by atoms with Crippen LogP contribution in [-0.2, 0) is 4.79 Å². The van der Waals surface area contributed by atoms with Crippen molar-refractivity contribution in [1.29, 1.82) is 0 Å². The van der Waals surface area contributed by atoms with E-state index in [4.69, 9.17) is 5.11 Å². The standard InChI is InChI=1S/C10H7NO3S/c12-10(13)9(11-14)8-5-6-3-1-2-4-7(6)15-8/h1-5,9H,(H,12,13). The summed E-state index contributed by atoms with van der Waals surface area (Å²) >= 11 is 1.28. The first kappa shape index (κ1) is 9.79. The summed E-state index contributed by atoms with van der Waals surface area (Å²) in [6.45, 7) is 0. The third kappa shape index (κ3) is 1.73. The molecule has 1 atom stereocenters. The van der Waals surface area contributed by atoms with Gasteiger partial charge in [0.15, 0.2) is 0 Å². The van der Waals surface area contributed by atoms with Gasteiger partial charge in [-0.3, -0.25) is 0 Å². The molecule has 0 aliphatic heterocycles. The molecule has 15 heavy (non-hydrogen) atoms. The molecular weight excluding hydrogens is 214 g/mol. The Balaban J connectivity index is 2.52. The average Bonchev–Trinajstić information content (AvgIpc) is 2.61. The third-order valence-electron chi connectivity index (χ3n) is 2.05. The van der Waals surface area contributed by atoms with Crippen LogP contribution in [0.2, 0.25) is 0 Å². The second-order valence-electron chi connectivity index (χ2n) is 3.03. The maximum absolute atomic E-state index is 10.7. The lowest BCUT2D eigenvalue weighted by Gasteiger charge is -1.97. The summed E-state index contributed by atoms with van der Waals surface area (Å²) in [5, 5.41) is 12.3. The van der Waals surface area contributed by atoms with Gasteiger partial charge in [0.1, 0.15) is 0 Å². The van der Waals surface area contributed by atoms with Crippen LogP contribution in [0, 0.1) is 4.91 Å². The number of nitrogens with zero attached hydrogens (tertiary/aromatic N) is 1. The number of rotatable bonds is 3. The minimum absolute atomic E-state index is 0.471. The fraction of sp³-hybridized carbons (Fsp3) is 0.100. The predicted octanol–water partition coefficient (Wildman–Crippen LogP) is 2.79. The number of fused-ring (bicyclic) bond motifs is 1. The molecule has 1 heterocycles. The Hall–Kier alpha value is -1.75. The van der Waals surface area contributed by atoms with Crippen molar-refractivity contribution in [3.05, 3.63) is 40.1 Å². The van der Waals surface area contributed by atoms with Crippen molar-refractivity contribution in [2.24, 2.45) is 5.18 Å². The van der Waals surface area contributed by atoms with Gasteiger partial charge in [-0.25, -0.2) is 4.79 Å². The lowest BCUT2D eigenvalue weighted by Crippen LogP contribution is -2.06. The average molecular weight is 221 g/mol. The highest BCUT2D eigenvalue weighted by atomic mass is 32.1. The van der Waals surface area contributed by atoms with E-state index in [1.165, 1.54) is 11.3 Å². The molecule has 76 valence electrons. The number of carboxylic acid groups (broad SMARTS) is 1. The Morgan fingerprint density at radius 3 is 2.73 bits per heavy atom. The van der Waals surface area contributed by atoms with Gasteiger partial charge in [0, 0.05) is 9.58 Å². The Kier molecular flexibility index (Phi) is 2.47. The van der Waals surface area contributed by atoms with Crippen LogP contribution in [0.25, 0.3) is 10.1 Å². The maximum atomic E-state index is 10.7. The van der Waals surface area contributed by atoms with Gasteiger partial charge in [-0.2, -0.15) is 0 Å². The molecule has 0 amide bonds. The molecular formula is C10H7NO3S. The quantitative estimate of drug-likeness (QED) is 0.810. The molecule has 2 rings (SSSR count). The van der Waals surface area contributed by atoms with Crippen molar-refractivity contribution in [1.82, 2.24) is 0 Å². The molecule has 0 spiro atoms. The van der Waals surface area contributed by atoms with Crippen molar-refractivity contribution in [2.75, 3.05) is 0 Å². The SMILES string of the molecule is O=NC(C(=O)O)c1cc2ccccc2s1. The molecule has 0 aliphatic carbocycles. The van der Waals surface area contributed by atoms with E-state index >= 15 is 0 Å². The summed E-state index contributed by atoms with van der Waals surface area (Å²) in [5.74, 6) is -1.21. The van der Waals surface area contributed by atoms with E-state index < -0.39 is 12.0 Å². The maximum Gasteiger partial charge on any atom is 0.337 e. The largest absolute Gasteiger partial charge is 0.479 e. The molecule has 5 heteroatoms. The number of hydrogen-bond acceptors (Lipinski definition) is 4. The number of carboxylic acids is 1. The third-order valence-corrected chi connectivity index (χ3v) is 3.22. The van der Waals surface area contributed by atoms with E-state index in [0.717, 1.165) is 10.1 Å². The van der Waals surface area contributed by atoms with Crippen molar-refractivity contribution in [3.8, 4) is 0 Å². The molecule has 1 aromatic carbocycles. The second kappa shape index (κ2) is 3.78. The van der Waals surface area contributed by atoms with Crippen LogP contribution in [0.4, 0.5) is 0 Å². The Morgan fingerprint density at radius 1 is 1.40 bits per heavy atom. The number of carbonyl (C=O) groups is 1. The summed E-state index contributed by atoms with van der Waals surface area (Å²) in [6, 6.07) is 7.89. The van der Waals surface area contributed by atoms with Crippen molar-refractivity contribution < 1.29 is 9.90 Å². The molecule has 0 aliphatic rings. The first-order chi connectivity index (χ1) is 7.22. The first-order valence-electron chi connectivity index (χ1n) is 4.26. The molecule has 1 aromatic heterocycles. The summed E-state index contributed by atoms with van der Waals surface area (Å²) in [7, 11) is 0. The highest BCUT2D eigenvalue weighted by Crippen LogP contribution is 2.31. The highest BCUT2D eigenvalue weighted by Gasteiger charge is 2.22. The summed E-state index contributed by atoms with van der Waals surface area (Å²) < 4.78 is 0.961. The van der Waals surface area contributed by atoms with Gasteiger partial charge < -0.3 is 5.11 Å². The summed E-state index contributed by atoms with van der Waals surface area (Å²) in [6.07, 6.45) is 0. The van der Waals surface area contributed by atoms with E-state index in [-0.39, 0.29) is 0 Å². The van der Waals surface area contributed by atoms with E-state index in [9.17, 15) is 9.70 Å². The van der Waals surface area contributed by atoms with Crippen molar-refractivity contribution in [3.63, 3.8) is 0 Å². The van der Waals surface area contributed by atoms with Gasteiger partial charge in [0.05, 0.1) is 0 Å². The van der Waals surface area contributed by atoms with Crippen LogP contribution in [0.5, 0.6) is 0 Å². The molecule has 0 bridgehead atoms. The molecule has 0 fully saturated rings. The van der Waals surface area contributed by atoms with E-state index in [1.54, 1.807) is 6.07 Å². The first-order valence-corrected chi connectivity index (χ1v) is 5.08. The number of nitroso groups, excluding NO2 is 1. The van der Waals surface area contributed by atoms with Gasteiger partial charge >= 0.3 is 5.97 Å². The van der Waals surface area contributed by atoms with Gasteiger partial charge in [-0.1, -0.05) is 18.2 Å². The van der Waals surface area contributed by atoms with Crippen LogP contribution < -0.4 is 0 Å². The smallest absolute Gasteiger partial charge is 0.337 e. The molecule has 2 aromatic rings. The van der Waals surface area contributed by atoms with Crippen LogP contribution in [0.3, 0.4) is 0 Å². The number of hydrogen-bond donors (Lipinski definition) is 1. The van der Waals surface area contributed by atoms with E-state index in [0.29, 0.717) is 4.88 Å². The Bertz CT molecular complexity index is 487. The topological polar surface area (TPSA) is 66.7 Å². The van der Waals surface area contributed by atoms with E-state index in [1.807, 2.05) is 24.3 Å². The number of benzene rings is 1. The zero-order valence-electron chi connectivity index (χ0n) is 7.58. The molecule has 1 unspecified atom stereocenters. The lowest BCUT2D eigenvalue weighted by atomic mass is 10.2. The highest BCUT2D eigenvalue weighted by molar-refractivity contribution is 7.19. The molecule has 0 radical (unpaired) electrons. The summed E-state index contributed by atoms with van der Waals surface area (Å²) in [5.41, 5.74) is 0. The van der Waals surface area contributed by atoms with Crippen molar-refractivity contribution >= 4 is 27.4 Å². The van der Waals surface area contributed by atoms with Gasteiger partial charge in [-0.05, 0) is 22.7 Å². The Morgan fingerprint density at radius 2 is 2.13 bits per heavy atom. The van der Waals surface area contributed by atoms with Crippen molar-refractivity contribution in [2.45, 2.75) is 6.04 Å². The van der Waals surface area contributed by atoms with E-state index in [2.05, 4.69) is 5.18 Å². The van der Waals surface area contributed by atoms with Crippen LogP contribution in [0.1, 0.15) is 10.9 Å².